The molecule has 3 aromatic rings. The van der Waals surface area contributed by atoms with Crippen molar-refractivity contribution in [3.8, 4) is 0 Å². The Labute approximate surface area is 195 Å². The maximum atomic E-state index is 13.6. The van der Waals surface area contributed by atoms with Gasteiger partial charge in [0.15, 0.2) is 0 Å². The molecule has 1 aromatic heterocycles. The molecule has 1 aliphatic carbocycles. The third-order valence-corrected chi connectivity index (χ3v) is 8.62. The van der Waals surface area contributed by atoms with Gasteiger partial charge in [-0.15, -0.1) is 0 Å². The normalized spacial score (nSPS) is 20.7. The number of aromatic nitrogens is 2. The van der Waals surface area contributed by atoms with Crippen LogP contribution in [0.2, 0.25) is 0 Å². The molecule has 1 aliphatic heterocycles. The summed E-state index contributed by atoms with van der Waals surface area (Å²) in [6, 6.07) is 12.6. The number of amides is 1. The summed E-state index contributed by atoms with van der Waals surface area (Å²) in [4.78, 5) is 21.9. The van der Waals surface area contributed by atoms with E-state index in [1.807, 2.05) is 40.8 Å². The van der Waals surface area contributed by atoms with E-state index in [1.54, 1.807) is 12.4 Å². The Bertz CT molecular complexity index is 1110. The number of carbonyl (C=O) groups excluding carboxylic acids is 1. The van der Waals surface area contributed by atoms with Crippen LogP contribution in [0.15, 0.2) is 48.8 Å². The van der Waals surface area contributed by atoms with E-state index < -0.39 is 0 Å². The third-order valence-electron chi connectivity index (χ3n) is 6.85. The van der Waals surface area contributed by atoms with Gasteiger partial charge >= 0.3 is 0 Å². The lowest BCUT2D eigenvalue weighted by Gasteiger charge is -2.44. The average molecular weight is 532 g/mol. The van der Waals surface area contributed by atoms with Crippen molar-refractivity contribution in [2.75, 3.05) is 20.1 Å². The highest BCUT2D eigenvalue weighted by molar-refractivity contribution is 14.1. The molecule has 1 saturated heterocycles. The van der Waals surface area contributed by atoms with Crippen LogP contribution in [0.3, 0.4) is 0 Å². The topological polar surface area (TPSA) is 41.4 Å². The molecule has 0 N–H and O–H groups in total. The molecule has 1 atom stereocenters. The highest BCUT2D eigenvalue weighted by atomic mass is 127. The van der Waals surface area contributed by atoms with Crippen molar-refractivity contribution in [2.45, 2.75) is 41.8 Å². The van der Waals surface area contributed by atoms with Gasteiger partial charge < -0.3 is 9.47 Å². The van der Waals surface area contributed by atoms with Gasteiger partial charge in [-0.2, -0.15) is 0 Å². The molecule has 162 valence electrons. The Morgan fingerprint density at radius 1 is 1.26 bits per heavy atom. The van der Waals surface area contributed by atoms with Crippen LogP contribution in [0, 0.1) is 5.82 Å². The number of hydrogen-bond acceptors (Lipinski definition) is 3. The zero-order valence-electron chi connectivity index (χ0n) is 17.6. The number of carbonyl (C=O) groups is 1. The second-order valence-corrected chi connectivity index (χ2v) is 10.8. The third kappa shape index (κ3) is 3.98. The predicted molar refractivity (Wildman–Crippen MR) is 128 cm³/mol. The molecule has 7 heteroatoms. The Morgan fingerprint density at radius 3 is 2.74 bits per heavy atom. The van der Waals surface area contributed by atoms with Crippen LogP contribution in [-0.4, -0.2) is 55.0 Å². The standard InChI is InChI=1S/C24H26FIN4O/c1-28(20-9-12-30(15-20)24(26)10-2-11-24)23(31)18-5-3-17(4-6-18)14-29-16-27-21-8-7-19(25)13-22(21)29/h3-8,13,16,20H,2,9-12,14-15H2,1H3. The second kappa shape index (κ2) is 8.16. The molecule has 1 saturated carbocycles. The van der Waals surface area contributed by atoms with E-state index in [2.05, 4.69) is 32.5 Å². The van der Waals surface area contributed by atoms with Gasteiger partial charge in [-0.25, -0.2) is 9.37 Å². The lowest BCUT2D eigenvalue weighted by Crippen LogP contribution is -2.49. The molecule has 0 spiro atoms. The van der Waals surface area contributed by atoms with Gasteiger partial charge in [-0.05, 0) is 61.6 Å². The first-order valence-corrected chi connectivity index (χ1v) is 11.9. The summed E-state index contributed by atoms with van der Waals surface area (Å²) in [5.41, 5.74) is 3.30. The van der Waals surface area contributed by atoms with Gasteiger partial charge in [0.2, 0.25) is 0 Å². The minimum Gasteiger partial charge on any atom is -0.337 e. The lowest BCUT2D eigenvalue weighted by molar-refractivity contribution is 0.0714. The van der Waals surface area contributed by atoms with Crippen LogP contribution in [0.25, 0.3) is 11.0 Å². The lowest BCUT2D eigenvalue weighted by atomic mass is 9.92. The van der Waals surface area contributed by atoms with E-state index >= 15 is 0 Å². The molecular weight excluding hydrogens is 506 g/mol. The largest absolute Gasteiger partial charge is 0.337 e. The van der Waals surface area contributed by atoms with E-state index in [-0.39, 0.29) is 17.8 Å². The number of hydrogen-bond donors (Lipinski definition) is 0. The van der Waals surface area contributed by atoms with Gasteiger partial charge in [0.05, 0.1) is 20.9 Å². The molecule has 2 fully saturated rings. The Hall–Kier alpha value is -2.00. The monoisotopic (exact) mass is 532 g/mol. The van der Waals surface area contributed by atoms with Crippen molar-refractivity contribution >= 4 is 39.5 Å². The molecule has 5 nitrogen and oxygen atoms in total. The SMILES string of the molecule is CN(C(=O)c1ccc(Cn2cnc3ccc(F)cc32)cc1)C1CCN(C2(I)CCC2)C1. The molecule has 2 aromatic carbocycles. The van der Waals surface area contributed by atoms with E-state index in [9.17, 15) is 9.18 Å². The van der Waals surface area contributed by atoms with Crippen LogP contribution in [0.4, 0.5) is 4.39 Å². The summed E-state index contributed by atoms with van der Waals surface area (Å²) in [7, 11) is 1.93. The van der Waals surface area contributed by atoms with Crippen molar-refractivity contribution in [2.24, 2.45) is 0 Å². The second-order valence-electron chi connectivity index (χ2n) is 8.78. The number of benzene rings is 2. The summed E-state index contributed by atoms with van der Waals surface area (Å²) in [5, 5.41) is 0. The number of rotatable bonds is 5. The highest BCUT2D eigenvalue weighted by Gasteiger charge is 2.44. The molecule has 0 radical (unpaired) electrons. The van der Waals surface area contributed by atoms with E-state index in [1.165, 1.54) is 31.4 Å². The summed E-state index contributed by atoms with van der Waals surface area (Å²) < 4.78 is 15.8. The van der Waals surface area contributed by atoms with Crippen molar-refractivity contribution in [3.63, 3.8) is 0 Å². The zero-order chi connectivity index (χ0) is 21.6. The Morgan fingerprint density at radius 2 is 2.03 bits per heavy atom. The number of likely N-dealkylation sites (tertiary alicyclic amines) is 1. The fraction of sp³-hybridized carbons (Fsp3) is 0.417. The molecule has 1 unspecified atom stereocenters. The van der Waals surface area contributed by atoms with Crippen LogP contribution in [-0.2, 0) is 6.54 Å². The van der Waals surface area contributed by atoms with Crippen molar-refractivity contribution in [1.29, 1.82) is 0 Å². The van der Waals surface area contributed by atoms with Crippen LogP contribution < -0.4 is 0 Å². The molecule has 5 rings (SSSR count). The van der Waals surface area contributed by atoms with Crippen LogP contribution >= 0.6 is 22.6 Å². The van der Waals surface area contributed by atoms with Gasteiger partial charge in [-0.3, -0.25) is 9.69 Å². The number of likely N-dealkylation sites (N-methyl/N-ethyl adjacent to an activating group) is 1. The molecule has 2 heterocycles. The quantitative estimate of drug-likeness (QED) is 0.272. The van der Waals surface area contributed by atoms with Crippen molar-refractivity contribution in [1.82, 2.24) is 19.4 Å². The summed E-state index contributed by atoms with van der Waals surface area (Å²) in [6.07, 6.45) is 6.60. The van der Waals surface area contributed by atoms with E-state index in [0.29, 0.717) is 15.7 Å². The van der Waals surface area contributed by atoms with E-state index in [4.69, 9.17) is 0 Å². The van der Waals surface area contributed by atoms with Crippen LogP contribution in [0.1, 0.15) is 41.6 Å². The number of alkyl halides is 1. The average Bonchev–Trinajstić information content (AvgIpc) is 3.39. The minimum absolute atomic E-state index is 0.0738. The van der Waals surface area contributed by atoms with E-state index in [0.717, 1.165) is 36.1 Å². The van der Waals surface area contributed by atoms with Crippen molar-refractivity contribution < 1.29 is 9.18 Å². The summed E-state index contributed by atoms with van der Waals surface area (Å²) >= 11 is 2.60. The molecule has 2 aliphatic rings. The van der Waals surface area contributed by atoms with Gasteiger partial charge in [-0.1, -0.05) is 34.7 Å². The number of fused-ring (bicyclic) bond motifs is 1. The van der Waals surface area contributed by atoms with Gasteiger partial charge in [0.1, 0.15) is 5.82 Å². The number of halogens is 2. The first-order valence-electron chi connectivity index (χ1n) is 10.8. The smallest absolute Gasteiger partial charge is 0.253 e. The highest BCUT2D eigenvalue weighted by Crippen LogP contribution is 2.45. The first kappa shape index (κ1) is 20.9. The molecule has 1 amide bonds. The molecule has 31 heavy (non-hydrogen) atoms. The first-order chi connectivity index (χ1) is 14.9. The minimum atomic E-state index is -0.269. The maximum Gasteiger partial charge on any atom is 0.253 e. The number of imidazole rings is 1. The maximum absolute atomic E-state index is 13.6. The van der Waals surface area contributed by atoms with Crippen molar-refractivity contribution in [3.05, 3.63) is 65.7 Å². The fourth-order valence-electron chi connectivity index (χ4n) is 4.68. The summed E-state index contributed by atoms with van der Waals surface area (Å²) in [5.74, 6) is -0.195. The van der Waals surface area contributed by atoms with Gasteiger partial charge in [0.25, 0.3) is 5.91 Å². The molecular formula is C24H26FIN4O. The zero-order valence-corrected chi connectivity index (χ0v) is 19.8. The Balaban J connectivity index is 1.25. The summed E-state index contributed by atoms with van der Waals surface area (Å²) in [6.45, 7) is 2.62. The number of nitrogens with zero attached hydrogens (tertiary/aromatic N) is 4. The fourth-order valence-corrected chi connectivity index (χ4v) is 5.88. The Kier molecular flexibility index (Phi) is 5.50. The van der Waals surface area contributed by atoms with Gasteiger partial charge in [0, 0.05) is 38.3 Å². The molecule has 0 bridgehead atoms. The predicted octanol–water partition coefficient (Wildman–Crippen LogP) is 4.69. The van der Waals surface area contributed by atoms with Crippen LogP contribution in [0.5, 0.6) is 0 Å².